The first-order valence-electron chi connectivity index (χ1n) is 6.48. The molecule has 6 heteroatoms. The molecule has 0 bridgehead atoms. The molecule has 0 aliphatic rings. The lowest BCUT2D eigenvalue weighted by atomic mass is 10.2. The number of nitrogens with one attached hydrogen (secondary N) is 1. The summed E-state index contributed by atoms with van der Waals surface area (Å²) in [7, 11) is 3.14. The van der Waals surface area contributed by atoms with Crippen molar-refractivity contribution in [1.29, 1.82) is 0 Å². The summed E-state index contributed by atoms with van der Waals surface area (Å²) in [5, 5.41) is 3.83. The fourth-order valence-electron chi connectivity index (χ4n) is 1.98. The first kappa shape index (κ1) is 15.3. The molecule has 1 aromatic heterocycles. The Labute approximate surface area is 127 Å². The van der Waals surface area contributed by atoms with Crippen molar-refractivity contribution in [3.05, 3.63) is 33.8 Å². The van der Waals surface area contributed by atoms with E-state index in [4.69, 9.17) is 9.47 Å². The van der Waals surface area contributed by atoms with Crippen molar-refractivity contribution in [1.82, 2.24) is 4.98 Å². The largest absolute Gasteiger partial charge is 0.497 e. The molecule has 1 aromatic carbocycles. The van der Waals surface area contributed by atoms with Crippen LogP contribution in [0, 0.1) is 13.8 Å². The maximum Gasteiger partial charge on any atom is 0.229 e. The van der Waals surface area contributed by atoms with Gasteiger partial charge in [0.1, 0.15) is 11.5 Å². The molecule has 2 rings (SSSR count). The van der Waals surface area contributed by atoms with Crippen molar-refractivity contribution in [3.63, 3.8) is 0 Å². The van der Waals surface area contributed by atoms with Gasteiger partial charge in [0, 0.05) is 10.9 Å². The molecule has 21 heavy (non-hydrogen) atoms. The minimum absolute atomic E-state index is 0.0924. The van der Waals surface area contributed by atoms with Crippen LogP contribution >= 0.6 is 11.3 Å². The van der Waals surface area contributed by atoms with E-state index >= 15 is 0 Å². The summed E-state index contributed by atoms with van der Waals surface area (Å²) in [5.41, 5.74) is 1.54. The molecule has 2 aromatic rings. The van der Waals surface area contributed by atoms with Gasteiger partial charge in [-0.2, -0.15) is 0 Å². The Bertz CT molecular complexity index is 652. The van der Waals surface area contributed by atoms with Crippen molar-refractivity contribution in [2.75, 3.05) is 19.5 Å². The number of benzene rings is 1. The summed E-state index contributed by atoms with van der Waals surface area (Å²) in [6.45, 7) is 3.85. The number of hydrogen-bond acceptors (Lipinski definition) is 5. The normalized spacial score (nSPS) is 10.3. The predicted octanol–water partition coefficient (Wildman–Crippen LogP) is 2.96. The number of aromatic nitrogens is 1. The minimum atomic E-state index is -0.0924. The molecule has 0 spiro atoms. The summed E-state index contributed by atoms with van der Waals surface area (Å²) in [4.78, 5) is 17.5. The number of methoxy groups -OCH3 is 2. The molecule has 0 radical (unpaired) electrons. The topological polar surface area (TPSA) is 60.5 Å². The zero-order valence-corrected chi connectivity index (χ0v) is 13.3. The standard InChI is InChI=1S/C15H18N2O3S/c1-9-14(21-10(2)16-9)8-15(18)17-12-6-5-11(19-3)7-13(12)20-4/h5-7H,8H2,1-4H3,(H,17,18). The number of ether oxygens (including phenoxy) is 2. The molecular weight excluding hydrogens is 288 g/mol. The first-order valence-corrected chi connectivity index (χ1v) is 7.30. The van der Waals surface area contributed by atoms with Crippen molar-refractivity contribution in [2.45, 2.75) is 20.3 Å². The van der Waals surface area contributed by atoms with Crippen LogP contribution in [-0.4, -0.2) is 25.1 Å². The van der Waals surface area contributed by atoms with Gasteiger partial charge in [0.05, 0.1) is 37.0 Å². The number of amides is 1. The van der Waals surface area contributed by atoms with Crippen molar-refractivity contribution in [3.8, 4) is 11.5 Å². The Balaban J connectivity index is 2.10. The van der Waals surface area contributed by atoms with Gasteiger partial charge in [-0.15, -0.1) is 11.3 Å². The van der Waals surface area contributed by atoms with Gasteiger partial charge in [0.25, 0.3) is 0 Å². The van der Waals surface area contributed by atoms with E-state index in [0.29, 0.717) is 23.6 Å². The maximum absolute atomic E-state index is 12.1. The number of carbonyl (C=O) groups is 1. The number of carbonyl (C=O) groups excluding carboxylic acids is 1. The molecule has 112 valence electrons. The lowest BCUT2D eigenvalue weighted by molar-refractivity contribution is -0.115. The molecule has 1 amide bonds. The van der Waals surface area contributed by atoms with E-state index in [1.807, 2.05) is 13.8 Å². The molecule has 0 aliphatic carbocycles. The molecule has 0 saturated carbocycles. The fourth-order valence-corrected chi connectivity index (χ4v) is 2.92. The van der Waals surface area contributed by atoms with Gasteiger partial charge in [0.2, 0.25) is 5.91 Å². The molecule has 0 aliphatic heterocycles. The first-order chi connectivity index (χ1) is 10.0. The molecule has 5 nitrogen and oxygen atoms in total. The fraction of sp³-hybridized carbons (Fsp3) is 0.333. The smallest absolute Gasteiger partial charge is 0.229 e. The Morgan fingerprint density at radius 3 is 2.62 bits per heavy atom. The van der Waals surface area contributed by atoms with Gasteiger partial charge in [0.15, 0.2) is 0 Å². The average molecular weight is 306 g/mol. The van der Waals surface area contributed by atoms with E-state index in [1.165, 1.54) is 0 Å². The highest BCUT2D eigenvalue weighted by Crippen LogP contribution is 2.29. The molecule has 0 unspecified atom stereocenters. The zero-order valence-electron chi connectivity index (χ0n) is 12.5. The minimum Gasteiger partial charge on any atom is -0.497 e. The molecule has 0 saturated heterocycles. The van der Waals surface area contributed by atoms with Crippen LogP contribution in [0.5, 0.6) is 11.5 Å². The Kier molecular flexibility index (Phi) is 4.80. The van der Waals surface area contributed by atoms with Crippen molar-refractivity contribution in [2.24, 2.45) is 0 Å². The van der Waals surface area contributed by atoms with Crippen LogP contribution in [0.15, 0.2) is 18.2 Å². The second-order valence-electron chi connectivity index (χ2n) is 4.53. The Morgan fingerprint density at radius 2 is 2.05 bits per heavy atom. The number of anilines is 1. The highest BCUT2D eigenvalue weighted by atomic mass is 32.1. The summed E-state index contributed by atoms with van der Waals surface area (Å²) < 4.78 is 10.4. The second-order valence-corrected chi connectivity index (χ2v) is 5.82. The van der Waals surface area contributed by atoms with Crippen LogP contribution in [0.3, 0.4) is 0 Å². The van der Waals surface area contributed by atoms with Gasteiger partial charge >= 0.3 is 0 Å². The maximum atomic E-state index is 12.1. The Hall–Kier alpha value is -2.08. The van der Waals surface area contributed by atoms with E-state index in [9.17, 15) is 4.79 Å². The number of rotatable bonds is 5. The van der Waals surface area contributed by atoms with Gasteiger partial charge < -0.3 is 14.8 Å². The van der Waals surface area contributed by atoms with Gasteiger partial charge in [-0.25, -0.2) is 4.98 Å². The van der Waals surface area contributed by atoms with Crippen molar-refractivity contribution >= 4 is 22.9 Å². The van der Waals surface area contributed by atoms with E-state index in [2.05, 4.69) is 10.3 Å². The lowest BCUT2D eigenvalue weighted by Gasteiger charge is -2.11. The summed E-state index contributed by atoms with van der Waals surface area (Å²) in [5.74, 6) is 1.16. The van der Waals surface area contributed by atoms with E-state index < -0.39 is 0 Å². The monoisotopic (exact) mass is 306 g/mol. The van der Waals surface area contributed by atoms with E-state index in [0.717, 1.165) is 15.6 Å². The highest BCUT2D eigenvalue weighted by Gasteiger charge is 2.13. The van der Waals surface area contributed by atoms with Crippen LogP contribution in [0.25, 0.3) is 0 Å². The van der Waals surface area contributed by atoms with Crippen LogP contribution < -0.4 is 14.8 Å². The number of nitrogens with zero attached hydrogens (tertiary/aromatic N) is 1. The van der Waals surface area contributed by atoms with E-state index in [1.54, 1.807) is 43.8 Å². The number of aryl methyl sites for hydroxylation is 2. The van der Waals surface area contributed by atoms with E-state index in [-0.39, 0.29) is 5.91 Å². The summed E-state index contributed by atoms with van der Waals surface area (Å²) in [6.07, 6.45) is 0.312. The summed E-state index contributed by atoms with van der Waals surface area (Å²) in [6, 6.07) is 5.28. The third-order valence-corrected chi connectivity index (χ3v) is 4.08. The van der Waals surface area contributed by atoms with Gasteiger partial charge in [-0.1, -0.05) is 0 Å². The number of hydrogen-bond donors (Lipinski definition) is 1. The number of thiazole rings is 1. The third kappa shape index (κ3) is 3.72. The van der Waals surface area contributed by atoms with Crippen LogP contribution in [-0.2, 0) is 11.2 Å². The van der Waals surface area contributed by atoms with Crippen LogP contribution in [0.2, 0.25) is 0 Å². The third-order valence-electron chi connectivity index (χ3n) is 3.00. The van der Waals surface area contributed by atoms with Crippen LogP contribution in [0.1, 0.15) is 15.6 Å². The zero-order chi connectivity index (χ0) is 15.4. The van der Waals surface area contributed by atoms with Gasteiger partial charge in [-0.05, 0) is 26.0 Å². The lowest BCUT2D eigenvalue weighted by Crippen LogP contribution is -2.15. The highest BCUT2D eigenvalue weighted by molar-refractivity contribution is 7.11. The predicted molar refractivity (Wildman–Crippen MR) is 83.5 cm³/mol. The SMILES string of the molecule is COc1ccc(NC(=O)Cc2sc(C)nc2C)c(OC)c1. The molecule has 0 fully saturated rings. The van der Waals surface area contributed by atoms with Crippen molar-refractivity contribution < 1.29 is 14.3 Å². The second kappa shape index (κ2) is 6.58. The Morgan fingerprint density at radius 1 is 1.29 bits per heavy atom. The molecular formula is C15H18N2O3S. The molecule has 0 atom stereocenters. The van der Waals surface area contributed by atoms with Crippen LogP contribution in [0.4, 0.5) is 5.69 Å². The van der Waals surface area contributed by atoms with Gasteiger partial charge in [-0.3, -0.25) is 4.79 Å². The quantitative estimate of drug-likeness (QED) is 0.922. The molecule has 1 N–H and O–H groups in total. The average Bonchev–Trinajstić information content (AvgIpc) is 2.77. The summed E-state index contributed by atoms with van der Waals surface area (Å²) >= 11 is 1.55. The molecule has 1 heterocycles.